The zero-order chi connectivity index (χ0) is 20.3. The van der Waals surface area contributed by atoms with Gasteiger partial charge in [0.1, 0.15) is 6.04 Å². The molecule has 0 rings (SSSR count). The number of amides is 1. The van der Waals surface area contributed by atoms with Crippen LogP contribution in [-0.2, 0) is 14.3 Å². The summed E-state index contributed by atoms with van der Waals surface area (Å²) in [6.07, 6.45) is 10.7. The van der Waals surface area contributed by atoms with Gasteiger partial charge in [-0.1, -0.05) is 67.4 Å². The predicted molar refractivity (Wildman–Crippen MR) is 112 cm³/mol. The lowest BCUT2D eigenvalue weighted by molar-refractivity contribution is -0.145. The average molecular weight is 428 g/mol. The fourth-order valence-corrected chi connectivity index (χ4v) is 2.46. The highest BCUT2D eigenvalue weighted by Gasteiger charge is 2.24. The molecule has 1 N–H and O–H groups in total. The number of hydrogen-bond acceptors (Lipinski definition) is 3. The van der Waals surface area contributed by atoms with Crippen LogP contribution in [-0.4, -0.2) is 25.0 Å². The van der Waals surface area contributed by atoms with Crippen LogP contribution in [0.15, 0.2) is 34.4 Å². The number of hydrogen-bond donors (Lipinski definition) is 1. The summed E-state index contributed by atoms with van der Waals surface area (Å²) < 4.78 is 5.90. The van der Waals surface area contributed by atoms with Gasteiger partial charge in [-0.25, -0.2) is 4.79 Å². The zero-order valence-electron chi connectivity index (χ0n) is 17.2. The Hall–Kier alpha value is -1.36. The first-order valence-corrected chi connectivity index (χ1v) is 9.83. The Labute approximate surface area is 167 Å². The van der Waals surface area contributed by atoms with E-state index >= 15 is 0 Å². The lowest BCUT2D eigenvalue weighted by Gasteiger charge is -2.20. The second-order valence-corrected chi connectivity index (χ2v) is 8.91. The Morgan fingerprint density at radius 1 is 1.19 bits per heavy atom. The predicted octanol–water partition coefficient (Wildman–Crippen LogP) is 5.30. The molecule has 0 bridgehead atoms. The number of allylic oxidation sites excluding steroid dienone is 5. The molecule has 0 saturated carbocycles. The van der Waals surface area contributed by atoms with Crippen molar-refractivity contribution in [2.45, 2.75) is 66.8 Å². The van der Waals surface area contributed by atoms with E-state index in [1.54, 1.807) is 0 Å². The molecule has 1 atom stereocenters. The van der Waals surface area contributed by atoms with Gasteiger partial charge in [0.15, 0.2) is 0 Å². The van der Waals surface area contributed by atoms with Crippen molar-refractivity contribution in [2.24, 2.45) is 11.3 Å². The van der Waals surface area contributed by atoms with E-state index in [1.165, 1.54) is 18.8 Å². The molecule has 5 heteroatoms. The molecule has 0 aliphatic rings. The van der Waals surface area contributed by atoms with E-state index in [2.05, 4.69) is 54.2 Å². The lowest BCUT2D eigenvalue weighted by atomic mass is 9.87. The summed E-state index contributed by atoms with van der Waals surface area (Å²) >= 11 is 3.43. The highest BCUT2D eigenvalue weighted by atomic mass is 79.9. The van der Waals surface area contributed by atoms with Gasteiger partial charge in [0.05, 0.1) is 7.11 Å². The second-order valence-electron chi connectivity index (χ2n) is 7.66. The Balaban J connectivity index is 4.69. The minimum atomic E-state index is -0.631. The van der Waals surface area contributed by atoms with Crippen LogP contribution in [0.5, 0.6) is 0 Å². The van der Waals surface area contributed by atoms with Gasteiger partial charge in [-0.3, -0.25) is 4.79 Å². The van der Waals surface area contributed by atoms with Crippen LogP contribution in [0.3, 0.4) is 0 Å². The highest BCUT2D eigenvalue weighted by Crippen LogP contribution is 2.24. The Kier molecular flexibility index (Phi) is 11.5. The van der Waals surface area contributed by atoms with Gasteiger partial charge in [-0.05, 0) is 55.0 Å². The Bertz CT molecular complexity index is 556. The van der Waals surface area contributed by atoms with Gasteiger partial charge < -0.3 is 10.1 Å². The van der Waals surface area contributed by atoms with Crippen LogP contribution in [0.4, 0.5) is 0 Å². The fraction of sp³-hybridized carbons (Fsp3) is 0.619. The highest BCUT2D eigenvalue weighted by molar-refractivity contribution is 9.11. The molecule has 0 aromatic carbocycles. The molecular weight excluding hydrogens is 394 g/mol. The van der Waals surface area contributed by atoms with Crippen LogP contribution < -0.4 is 5.32 Å². The summed E-state index contributed by atoms with van der Waals surface area (Å²) in [6.45, 7) is 12.1. The zero-order valence-corrected chi connectivity index (χ0v) is 18.8. The molecule has 4 nitrogen and oxygen atoms in total. The summed E-state index contributed by atoms with van der Waals surface area (Å²) in [4.78, 5) is 23.9. The lowest BCUT2D eigenvalue weighted by Crippen LogP contribution is -2.44. The molecule has 0 aromatic rings. The monoisotopic (exact) mass is 427 g/mol. The van der Waals surface area contributed by atoms with Crippen molar-refractivity contribution in [3.05, 3.63) is 34.4 Å². The molecule has 0 unspecified atom stereocenters. The summed E-state index contributed by atoms with van der Waals surface area (Å²) in [5.41, 5.74) is 1.20. The van der Waals surface area contributed by atoms with Crippen molar-refractivity contribution in [2.75, 3.05) is 7.11 Å². The van der Waals surface area contributed by atoms with Crippen LogP contribution in [0.25, 0.3) is 0 Å². The topological polar surface area (TPSA) is 55.4 Å². The SMILES string of the molecule is COC(=O)[C@@H](NC(=O)/C=C/C(C)(C)C/C=C(\C)CC/C=C(\C)Br)C(C)C. The molecule has 0 aliphatic carbocycles. The molecule has 0 aliphatic heterocycles. The van der Waals surface area contributed by atoms with Gasteiger partial charge >= 0.3 is 5.97 Å². The largest absolute Gasteiger partial charge is 0.467 e. The van der Waals surface area contributed by atoms with E-state index in [-0.39, 0.29) is 17.2 Å². The van der Waals surface area contributed by atoms with Gasteiger partial charge in [-0.2, -0.15) is 0 Å². The van der Waals surface area contributed by atoms with E-state index in [1.807, 2.05) is 26.8 Å². The average Bonchev–Trinajstić information content (AvgIpc) is 2.55. The van der Waals surface area contributed by atoms with Crippen LogP contribution in [0, 0.1) is 11.3 Å². The van der Waals surface area contributed by atoms with Crippen molar-refractivity contribution in [1.82, 2.24) is 5.32 Å². The Morgan fingerprint density at radius 2 is 1.81 bits per heavy atom. The van der Waals surface area contributed by atoms with Crippen molar-refractivity contribution in [1.29, 1.82) is 0 Å². The summed E-state index contributed by atoms with van der Waals surface area (Å²) in [5.74, 6) is -0.733. The molecule has 0 radical (unpaired) electrons. The van der Waals surface area contributed by atoms with Crippen LogP contribution >= 0.6 is 15.9 Å². The third-order valence-corrected chi connectivity index (χ3v) is 4.37. The first-order chi connectivity index (χ1) is 12.0. The maximum atomic E-state index is 12.1. The third kappa shape index (κ3) is 11.3. The number of nitrogens with one attached hydrogen (secondary N) is 1. The van der Waals surface area contributed by atoms with Gasteiger partial charge in [0, 0.05) is 0 Å². The van der Waals surface area contributed by atoms with E-state index < -0.39 is 12.0 Å². The van der Waals surface area contributed by atoms with Gasteiger partial charge in [0.2, 0.25) is 5.91 Å². The molecule has 0 saturated heterocycles. The molecule has 0 fully saturated rings. The quantitative estimate of drug-likeness (QED) is 0.292. The maximum absolute atomic E-state index is 12.1. The van der Waals surface area contributed by atoms with Crippen molar-refractivity contribution in [3.63, 3.8) is 0 Å². The van der Waals surface area contributed by atoms with E-state index in [4.69, 9.17) is 4.74 Å². The fourth-order valence-electron chi connectivity index (χ4n) is 2.23. The van der Waals surface area contributed by atoms with E-state index in [9.17, 15) is 9.59 Å². The number of methoxy groups -OCH3 is 1. The van der Waals surface area contributed by atoms with Crippen LogP contribution in [0.2, 0.25) is 0 Å². The molecule has 0 heterocycles. The number of carbonyl (C=O) groups excluding carboxylic acids is 2. The Morgan fingerprint density at radius 3 is 2.31 bits per heavy atom. The normalized spacial score (nSPS) is 14.7. The second kappa shape index (κ2) is 12.1. The molecule has 1 amide bonds. The minimum absolute atomic E-state index is 0.0319. The first-order valence-electron chi connectivity index (χ1n) is 9.04. The number of esters is 1. The first kappa shape index (κ1) is 24.6. The van der Waals surface area contributed by atoms with Crippen molar-refractivity contribution in [3.8, 4) is 0 Å². The third-order valence-electron chi connectivity index (χ3n) is 4.05. The van der Waals surface area contributed by atoms with Gasteiger partial charge in [-0.15, -0.1) is 0 Å². The number of rotatable bonds is 10. The van der Waals surface area contributed by atoms with Crippen molar-refractivity contribution < 1.29 is 14.3 Å². The van der Waals surface area contributed by atoms with Crippen LogP contribution in [0.1, 0.15) is 60.8 Å². The van der Waals surface area contributed by atoms with E-state index in [0.29, 0.717) is 0 Å². The smallest absolute Gasteiger partial charge is 0.328 e. The van der Waals surface area contributed by atoms with Crippen molar-refractivity contribution >= 4 is 27.8 Å². The number of ether oxygens (including phenoxy) is 1. The molecule has 0 spiro atoms. The number of carbonyl (C=O) groups is 2. The maximum Gasteiger partial charge on any atom is 0.328 e. The summed E-state index contributed by atoms with van der Waals surface area (Å²) in [6, 6.07) is -0.631. The van der Waals surface area contributed by atoms with Gasteiger partial charge in [0.25, 0.3) is 0 Å². The molecule has 0 aromatic heterocycles. The minimum Gasteiger partial charge on any atom is -0.467 e. The summed E-state index contributed by atoms with van der Waals surface area (Å²) in [7, 11) is 1.33. The van der Waals surface area contributed by atoms with E-state index in [0.717, 1.165) is 23.7 Å². The summed E-state index contributed by atoms with van der Waals surface area (Å²) in [5, 5.41) is 2.72. The molecule has 26 heavy (non-hydrogen) atoms. The molecule has 148 valence electrons. The number of halogens is 1. The standard InChI is InChI=1S/C21H34BrNO3/c1-15(2)19(20(25)26-7)23-18(24)12-14-21(5,6)13-11-16(3)9-8-10-17(4)22/h10-12,14-15,19H,8-9,13H2,1-7H3,(H,23,24)/b14-12+,16-11+,17-10+/t19-/m0/s1. The molecular formula is C21H34BrNO3.